The minimum absolute atomic E-state index is 0.0194. The van der Waals surface area contributed by atoms with E-state index in [1.807, 2.05) is 0 Å². The number of carbonyl (C=O) groups excluding carboxylic acids is 2. The Kier molecular flexibility index (Phi) is 7.57. The number of carbonyl (C=O) groups is 2. The molecular weight excluding hydrogens is 495 g/mol. The molecule has 13 heteroatoms. The molecule has 180 valence electrons. The highest BCUT2D eigenvalue weighted by atomic mass is 32.2. The van der Waals surface area contributed by atoms with Crippen molar-refractivity contribution in [3.63, 3.8) is 0 Å². The molecule has 0 unspecified atom stereocenters. The largest absolute Gasteiger partial charge is 0.466 e. The summed E-state index contributed by atoms with van der Waals surface area (Å²) in [4.78, 5) is 27.9. The van der Waals surface area contributed by atoms with Gasteiger partial charge in [0.1, 0.15) is 0 Å². The van der Waals surface area contributed by atoms with Gasteiger partial charge in [-0.05, 0) is 43.3 Å². The average Bonchev–Trinajstić information content (AvgIpc) is 3.19. The van der Waals surface area contributed by atoms with E-state index in [1.165, 1.54) is 24.3 Å². The van der Waals surface area contributed by atoms with Gasteiger partial charge in [0.25, 0.3) is 15.9 Å². The number of ether oxygens (including phenoxy) is 1. The molecule has 1 aromatic heterocycles. The van der Waals surface area contributed by atoms with Crippen LogP contribution in [0.4, 0.5) is 24.0 Å². The van der Waals surface area contributed by atoms with Crippen molar-refractivity contribution in [2.24, 2.45) is 0 Å². The molecule has 0 bridgehead atoms. The summed E-state index contributed by atoms with van der Waals surface area (Å²) in [5.74, 6) is -1.12. The Hall–Kier alpha value is -3.45. The lowest BCUT2D eigenvalue weighted by Gasteiger charge is -2.12. The Morgan fingerprint density at radius 2 is 1.85 bits per heavy atom. The summed E-state index contributed by atoms with van der Waals surface area (Å²) in [6.07, 6.45) is -4.69. The van der Waals surface area contributed by atoms with Crippen molar-refractivity contribution in [2.45, 2.75) is 24.4 Å². The zero-order chi connectivity index (χ0) is 24.9. The minimum Gasteiger partial charge on any atom is -0.466 e. The third kappa shape index (κ3) is 6.54. The van der Waals surface area contributed by atoms with Gasteiger partial charge in [0.05, 0.1) is 29.2 Å². The van der Waals surface area contributed by atoms with Crippen LogP contribution in [0, 0.1) is 0 Å². The topological polar surface area (TPSA) is 114 Å². The molecule has 1 heterocycles. The summed E-state index contributed by atoms with van der Waals surface area (Å²) >= 11 is 1.07. The molecule has 34 heavy (non-hydrogen) atoms. The van der Waals surface area contributed by atoms with E-state index in [9.17, 15) is 31.2 Å². The first kappa shape index (κ1) is 25.2. The third-order valence-electron chi connectivity index (χ3n) is 4.25. The van der Waals surface area contributed by atoms with Crippen molar-refractivity contribution in [1.29, 1.82) is 0 Å². The van der Waals surface area contributed by atoms with Crippen LogP contribution in [0.15, 0.2) is 58.8 Å². The highest BCUT2D eigenvalue weighted by Crippen LogP contribution is 2.31. The van der Waals surface area contributed by atoms with E-state index in [0.29, 0.717) is 11.8 Å². The monoisotopic (exact) mass is 513 g/mol. The second-order valence-corrected chi connectivity index (χ2v) is 9.33. The number of halogens is 3. The van der Waals surface area contributed by atoms with Gasteiger partial charge in [-0.25, -0.2) is 13.4 Å². The first-order chi connectivity index (χ1) is 16.0. The first-order valence-corrected chi connectivity index (χ1v) is 12.1. The molecule has 0 saturated carbocycles. The number of amides is 1. The maximum absolute atomic E-state index is 12.9. The van der Waals surface area contributed by atoms with Gasteiger partial charge in [0, 0.05) is 16.6 Å². The fourth-order valence-electron chi connectivity index (χ4n) is 2.75. The number of anilines is 2. The van der Waals surface area contributed by atoms with E-state index in [0.717, 1.165) is 29.5 Å². The number of esters is 1. The maximum atomic E-state index is 12.9. The summed E-state index contributed by atoms with van der Waals surface area (Å²) in [7, 11) is -4.28. The second-order valence-electron chi connectivity index (χ2n) is 6.79. The summed E-state index contributed by atoms with van der Waals surface area (Å²) in [5, 5.41) is 4.28. The SMILES string of the molecule is CCOC(=O)Cc1csc(NC(=O)c2cccc(S(=O)(=O)Nc3cccc(C(F)(F)F)c3)c2)n1. The van der Waals surface area contributed by atoms with Gasteiger partial charge in [-0.1, -0.05) is 12.1 Å². The average molecular weight is 514 g/mol. The molecule has 3 rings (SSSR count). The van der Waals surface area contributed by atoms with E-state index in [4.69, 9.17) is 4.74 Å². The highest BCUT2D eigenvalue weighted by Gasteiger charge is 2.30. The van der Waals surface area contributed by atoms with Gasteiger partial charge in [0.15, 0.2) is 5.13 Å². The van der Waals surface area contributed by atoms with Crippen LogP contribution in [0.25, 0.3) is 0 Å². The van der Waals surface area contributed by atoms with Crippen LogP contribution >= 0.6 is 11.3 Å². The Bertz CT molecular complexity index is 1310. The van der Waals surface area contributed by atoms with Crippen molar-refractivity contribution in [3.05, 3.63) is 70.7 Å². The predicted octanol–water partition coefficient (Wildman–Crippen LogP) is 4.32. The molecule has 0 aliphatic carbocycles. The molecular formula is C21H18F3N3O5S2. The summed E-state index contributed by atoms with van der Waals surface area (Å²) < 4.78 is 71.0. The molecule has 0 aliphatic rings. The van der Waals surface area contributed by atoms with Crippen molar-refractivity contribution in [2.75, 3.05) is 16.6 Å². The highest BCUT2D eigenvalue weighted by molar-refractivity contribution is 7.92. The molecule has 0 atom stereocenters. The molecule has 0 radical (unpaired) electrons. The number of nitrogens with one attached hydrogen (secondary N) is 2. The lowest BCUT2D eigenvalue weighted by Crippen LogP contribution is -2.16. The molecule has 2 N–H and O–H groups in total. The Morgan fingerprint density at radius 3 is 2.56 bits per heavy atom. The van der Waals surface area contributed by atoms with Crippen molar-refractivity contribution < 1.29 is 35.9 Å². The number of aromatic nitrogens is 1. The number of hydrogen-bond acceptors (Lipinski definition) is 7. The van der Waals surface area contributed by atoms with Crippen LogP contribution < -0.4 is 10.0 Å². The fraction of sp³-hybridized carbons (Fsp3) is 0.190. The van der Waals surface area contributed by atoms with Gasteiger partial charge in [-0.2, -0.15) is 13.2 Å². The van der Waals surface area contributed by atoms with E-state index in [2.05, 4.69) is 15.0 Å². The first-order valence-electron chi connectivity index (χ1n) is 9.69. The zero-order valence-corrected chi connectivity index (χ0v) is 19.2. The molecule has 3 aromatic rings. The molecule has 1 amide bonds. The normalized spacial score (nSPS) is 11.6. The zero-order valence-electron chi connectivity index (χ0n) is 17.5. The molecule has 2 aromatic carbocycles. The van der Waals surface area contributed by atoms with Crippen LogP contribution in [0.2, 0.25) is 0 Å². The fourth-order valence-corrected chi connectivity index (χ4v) is 4.55. The van der Waals surface area contributed by atoms with Gasteiger partial charge in [-0.3, -0.25) is 19.6 Å². The number of nitrogens with zero attached hydrogens (tertiary/aromatic N) is 1. The van der Waals surface area contributed by atoms with Gasteiger partial charge >= 0.3 is 12.1 Å². The van der Waals surface area contributed by atoms with Crippen LogP contribution in [0.1, 0.15) is 28.5 Å². The van der Waals surface area contributed by atoms with E-state index >= 15 is 0 Å². The Balaban J connectivity index is 1.73. The minimum atomic E-state index is -4.63. The molecule has 0 aliphatic heterocycles. The smallest absolute Gasteiger partial charge is 0.416 e. The van der Waals surface area contributed by atoms with E-state index < -0.39 is 33.6 Å². The molecule has 0 fully saturated rings. The number of benzene rings is 2. The van der Waals surface area contributed by atoms with Gasteiger partial charge in [0.2, 0.25) is 0 Å². The number of hydrogen-bond donors (Lipinski definition) is 2. The lowest BCUT2D eigenvalue weighted by molar-refractivity contribution is -0.142. The second kappa shape index (κ2) is 10.2. The summed E-state index contributed by atoms with van der Waals surface area (Å²) in [6, 6.07) is 8.72. The van der Waals surface area contributed by atoms with Crippen molar-refractivity contribution in [3.8, 4) is 0 Å². The standard InChI is InChI=1S/C21H18F3N3O5S2/c1-2-32-18(28)11-16-12-33-20(25-16)26-19(29)13-5-3-8-17(9-13)34(30,31)27-15-7-4-6-14(10-15)21(22,23)24/h3-10,12,27H,2,11H2,1H3,(H,25,26,29). The summed E-state index contributed by atoms with van der Waals surface area (Å²) in [6.45, 7) is 1.91. The Morgan fingerprint density at radius 1 is 1.12 bits per heavy atom. The van der Waals surface area contributed by atoms with Gasteiger partial charge in [-0.15, -0.1) is 11.3 Å². The third-order valence-corrected chi connectivity index (χ3v) is 6.44. The van der Waals surface area contributed by atoms with Crippen LogP contribution in [0.5, 0.6) is 0 Å². The quantitative estimate of drug-likeness (QED) is 0.434. The lowest BCUT2D eigenvalue weighted by atomic mass is 10.2. The van der Waals surface area contributed by atoms with Crippen molar-refractivity contribution in [1.82, 2.24) is 4.98 Å². The molecule has 8 nitrogen and oxygen atoms in total. The molecule has 0 saturated heterocycles. The Labute approximate surface area is 196 Å². The molecule has 0 spiro atoms. The summed E-state index contributed by atoms with van der Waals surface area (Å²) in [5.41, 5.74) is -0.900. The number of sulfonamides is 1. The number of rotatable bonds is 8. The number of alkyl halides is 3. The van der Waals surface area contributed by atoms with Gasteiger partial charge < -0.3 is 4.74 Å². The predicted molar refractivity (Wildman–Crippen MR) is 119 cm³/mol. The van der Waals surface area contributed by atoms with Crippen LogP contribution in [0.3, 0.4) is 0 Å². The maximum Gasteiger partial charge on any atom is 0.416 e. The van der Waals surface area contributed by atoms with Crippen molar-refractivity contribution >= 4 is 44.1 Å². The van der Waals surface area contributed by atoms with Crippen LogP contribution in [-0.2, 0) is 32.2 Å². The van der Waals surface area contributed by atoms with E-state index in [-0.39, 0.29) is 34.3 Å². The van der Waals surface area contributed by atoms with E-state index in [1.54, 1.807) is 12.3 Å². The van der Waals surface area contributed by atoms with Crippen LogP contribution in [-0.4, -0.2) is 31.9 Å². The number of thiazole rings is 1.